The molecule has 0 saturated carbocycles. The Morgan fingerprint density at radius 1 is 1.78 bits per heavy atom. The quantitative estimate of drug-likeness (QED) is 0.371. The Labute approximate surface area is 65.4 Å². The van der Waals surface area contributed by atoms with E-state index in [0.717, 1.165) is 6.54 Å². The first-order valence-electron chi connectivity index (χ1n) is 2.54. The van der Waals surface area contributed by atoms with Crippen LogP contribution in [0.1, 0.15) is 6.42 Å². The third-order valence-corrected chi connectivity index (χ3v) is 0.691. The number of hydrogen-bond donors (Lipinski definition) is 3. The Hall–Kier alpha value is -0.220. The van der Waals surface area contributed by atoms with Crippen LogP contribution in [0.3, 0.4) is 0 Å². The van der Waals surface area contributed by atoms with E-state index < -0.39 is 0 Å². The highest BCUT2D eigenvalue weighted by atomic mass is 32.1. The van der Waals surface area contributed by atoms with E-state index in [1.807, 2.05) is 6.20 Å². The lowest BCUT2D eigenvalue weighted by molar-refractivity contribution is 0.586. The highest BCUT2D eigenvalue weighted by Gasteiger charge is 1.81. The maximum Gasteiger partial charge on any atom is 0.214 e. The van der Waals surface area contributed by atoms with Gasteiger partial charge in [-0.1, -0.05) is 18.7 Å². The summed E-state index contributed by atoms with van der Waals surface area (Å²) in [5.41, 5.74) is 0. The minimum Gasteiger partial charge on any atom is -0.494 e. The zero-order chi connectivity index (χ0) is 7.11. The van der Waals surface area contributed by atoms with Crippen molar-refractivity contribution in [3.63, 3.8) is 0 Å². The average Bonchev–Trinajstić information content (AvgIpc) is 2.11. The third-order valence-electron chi connectivity index (χ3n) is 0.691. The Morgan fingerprint density at radius 2 is 2.33 bits per heavy atom. The number of hydrogen-bond acceptors (Lipinski definition) is 2. The van der Waals surface area contributed by atoms with Crippen LogP contribution in [0.25, 0.3) is 0 Å². The molecule has 1 rings (SSSR count). The van der Waals surface area contributed by atoms with Crippen LogP contribution in [0.5, 0.6) is 0 Å². The van der Waals surface area contributed by atoms with Crippen molar-refractivity contribution in [3.05, 3.63) is 12.3 Å². The fourth-order valence-corrected chi connectivity index (χ4v) is 0.417. The molecule has 0 atom stereocenters. The second-order valence-corrected chi connectivity index (χ2v) is 2.54. The summed E-state index contributed by atoms with van der Waals surface area (Å²) in [5.74, 6) is 0. The highest BCUT2D eigenvalue weighted by molar-refractivity contribution is 8.10. The van der Waals surface area contributed by atoms with Crippen molar-refractivity contribution in [1.82, 2.24) is 5.32 Å². The number of aliphatic hydroxyl groups is 1. The van der Waals surface area contributed by atoms with E-state index in [1.165, 1.54) is 6.42 Å². The van der Waals surface area contributed by atoms with Gasteiger partial charge in [-0.3, -0.25) is 0 Å². The van der Waals surface area contributed by atoms with Gasteiger partial charge in [0.15, 0.2) is 0 Å². The molecule has 0 aromatic heterocycles. The predicted molar refractivity (Wildman–Crippen MR) is 46.0 cm³/mol. The average molecular weight is 163 g/mol. The van der Waals surface area contributed by atoms with Gasteiger partial charge in [0.2, 0.25) is 4.38 Å². The lowest BCUT2D eigenvalue weighted by Gasteiger charge is -1.78. The van der Waals surface area contributed by atoms with Crippen LogP contribution in [0.15, 0.2) is 12.3 Å². The number of nitrogens with one attached hydrogen (secondary N) is 1. The molecular weight excluding hydrogens is 154 g/mol. The van der Waals surface area contributed by atoms with Gasteiger partial charge >= 0.3 is 0 Å². The van der Waals surface area contributed by atoms with Crippen LogP contribution in [0.4, 0.5) is 0 Å². The van der Waals surface area contributed by atoms with Crippen molar-refractivity contribution in [2.45, 2.75) is 6.42 Å². The van der Waals surface area contributed by atoms with Crippen molar-refractivity contribution in [2.24, 2.45) is 0 Å². The topological polar surface area (TPSA) is 32.3 Å². The van der Waals surface area contributed by atoms with Gasteiger partial charge < -0.3 is 10.4 Å². The molecular formula is C5H9NOS2. The lowest BCUT2D eigenvalue weighted by Crippen LogP contribution is -1.96. The maximum absolute atomic E-state index is 7.65. The number of rotatable bonds is 0. The summed E-state index contributed by atoms with van der Waals surface area (Å²) in [7, 11) is 0. The molecule has 0 bridgehead atoms. The fraction of sp³-hybridized carbons (Fsp3) is 0.400. The van der Waals surface area contributed by atoms with Crippen LogP contribution in [-0.2, 0) is 0 Å². The molecule has 0 fully saturated rings. The second kappa shape index (κ2) is 5.91. The minimum absolute atomic E-state index is 0.306. The highest BCUT2D eigenvalue weighted by Crippen LogP contribution is 1.84. The summed E-state index contributed by atoms with van der Waals surface area (Å²) in [4.78, 5) is 0. The van der Waals surface area contributed by atoms with Crippen molar-refractivity contribution in [2.75, 3.05) is 6.54 Å². The number of thiocarbonyl (C=S) groups is 1. The van der Waals surface area contributed by atoms with Crippen molar-refractivity contribution in [3.8, 4) is 0 Å². The van der Waals surface area contributed by atoms with E-state index in [9.17, 15) is 0 Å². The van der Waals surface area contributed by atoms with Gasteiger partial charge in [0.05, 0.1) is 0 Å². The smallest absolute Gasteiger partial charge is 0.214 e. The molecule has 1 aliphatic rings. The Bertz CT molecular complexity index is 104. The molecule has 4 heteroatoms. The van der Waals surface area contributed by atoms with Gasteiger partial charge in [-0.05, 0) is 24.8 Å². The Kier molecular flexibility index (Phi) is 5.76. The molecule has 0 saturated heterocycles. The standard InChI is InChI=1S/C4H7N.CH2OS2/c1-2-4-5-3-1;2-1(3)4/h1,3,5H,2,4H2;(H2,2,3,4). The number of aliphatic hydroxyl groups excluding tert-OH is 1. The van der Waals surface area contributed by atoms with Crippen LogP contribution in [0, 0.1) is 0 Å². The first-order chi connectivity index (χ1) is 4.23. The molecule has 9 heavy (non-hydrogen) atoms. The van der Waals surface area contributed by atoms with Gasteiger partial charge in [0.25, 0.3) is 0 Å². The van der Waals surface area contributed by atoms with Crippen molar-refractivity contribution < 1.29 is 5.11 Å². The molecule has 2 N–H and O–H groups in total. The van der Waals surface area contributed by atoms with E-state index in [-0.39, 0.29) is 4.38 Å². The first-order valence-corrected chi connectivity index (χ1v) is 3.39. The van der Waals surface area contributed by atoms with E-state index in [1.54, 1.807) is 0 Å². The van der Waals surface area contributed by atoms with E-state index in [4.69, 9.17) is 5.11 Å². The van der Waals surface area contributed by atoms with Crippen LogP contribution in [-0.4, -0.2) is 16.0 Å². The fourth-order valence-electron chi connectivity index (χ4n) is 0.417. The van der Waals surface area contributed by atoms with Gasteiger partial charge in [-0.25, -0.2) is 0 Å². The summed E-state index contributed by atoms with van der Waals surface area (Å²) >= 11 is 7.21. The van der Waals surface area contributed by atoms with Crippen molar-refractivity contribution in [1.29, 1.82) is 0 Å². The van der Waals surface area contributed by atoms with E-state index >= 15 is 0 Å². The summed E-state index contributed by atoms with van der Waals surface area (Å²) in [5, 5.41) is 10.7. The summed E-state index contributed by atoms with van der Waals surface area (Å²) in [6.45, 7) is 1.14. The molecule has 0 radical (unpaired) electrons. The van der Waals surface area contributed by atoms with Crippen LogP contribution in [0.2, 0.25) is 0 Å². The molecule has 0 aromatic rings. The molecule has 0 aromatic carbocycles. The Balaban J connectivity index is 0.000000148. The molecule has 0 amide bonds. The molecule has 2 nitrogen and oxygen atoms in total. The van der Waals surface area contributed by atoms with E-state index in [2.05, 4.69) is 36.2 Å². The third kappa shape index (κ3) is 11.4. The van der Waals surface area contributed by atoms with Crippen LogP contribution >= 0.6 is 24.8 Å². The monoisotopic (exact) mass is 163 g/mol. The molecule has 52 valence electrons. The summed E-state index contributed by atoms with van der Waals surface area (Å²) < 4.78 is -0.306. The lowest BCUT2D eigenvalue weighted by atomic mass is 10.5. The zero-order valence-electron chi connectivity index (χ0n) is 4.87. The molecule has 0 unspecified atom stereocenters. The zero-order valence-corrected chi connectivity index (χ0v) is 6.58. The van der Waals surface area contributed by atoms with Gasteiger partial charge in [0.1, 0.15) is 0 Å². The van der Waals surface area contributed by atoms with Gasteiger partial charge in [-0.15, -0.1) is 0 Å². The normalized spacial score (nSPS) is 13.4. The summed E-state index contributed by atoms with van der Waals surface area (Å²) in [6, 6.07) is 0. The molecule has 1 aliphatic heterocycles. The van der Waals surface area contributed by atoms with Crippen LogP contribution < -0.4 is 5.32 Å². The van der Waals surface area contributed by atoms with Gasteiger partial charge in [0, 0.05) is 6.54 Å². The predicted octanol–water partition coefficient (Wildman–Crippen LogP) is 1.25. The molecule has 0 aliphatic carbocycles. The molecule has 1 heterocycles. The largest absolute Gasteiger partial charge is 0.494 e. The summed E-state index contributed by atoms with van der Waals surface area (Å²) in [6.07, 6.45) is 5.32. The molecule has 0 spiro atoms. The SMILES string of the molecule is C1=CNCC1.OC(=S)S. The van der Waals surface area contributed by atoms with Crippen molar-refractivity contribution >= 4 is 29.2 Å². The van der Waals surface area contributed by atoms with E-state index in [0.29, 0.717) is 0 Å². The second-order valence-electron chi connectivity index (χ2n) is 1.43. The maximum atomic E-state index is 7.65. The van der Waals surface area contributed by atoms with Gasteiger partial charge in [-0.2, -0.15) is 0 Å². The first kappa shape index (κ1) is 8.78. The number of thiol groups is 1. The Morgan fingerprint density at radius 3 is 2.44 bits per heavy atom. The minimum atomic E-state index is -0.306.